The number of alkyl carbamates (subject to hydrolysis) is 1. The van der Waals surface area contributed by atoms with Crippen molar-refractivity contribution in [2.75, 3.05) is 7.11 Å². The third-order valence-electron chi connectivity index (χ3n) is 4.68. The Labute approximate surface area is 197 Å². The van der Waals surface area contributed by atoms with E-state index in [-0.39, 0.29) is 18.9 Å². The fourth-order valence-electron chi connectivity index (χ4n) is 2.93. The minimum absolute atomic E-state index is 0.0684. The van der Waals surface area contributed by atoms with Crippen LogP contribution in [0, 0.1) is 5.92 Å². The maximum absolute atomic E-state index is 12.9. The number of rotatable bonds is 9. The summed E-state index contributed by atoms with van der Waals surface area (Å²) >= 11 is 12.1. The second-order valence-corrected chi connectivity index (χ2v) is 8.30. The number of carbonyl (C=O) groups is 3. The van der Waals surface area contributed by atoms with Crippen molar-refractivity contribution in [3.8, 4) is 0 Å². The highest BCUT2D eigenvalue weighted by Gasteiger charge is 2.30. The molecule has 0 aliphatic carbocycles. The lowest BCUT2D eigenvalue weighted by molar-refractivity contribution is -0.145. The number of esters is 1. The second kappa shape index (κ2) is 12.3. The topological polar surface area (TPSA) is 93.7 Å². The summed E-state index contributed by atoms with van der Waals surface area (Å²) in [5.74, 6) is -1.45. The maximum atomic E-state index is 12.9. The predicted molar refractivity (Wildman–Crippen MR) is 123 cm³/mol. The molecular weight excluding hydrogens is 455 g/mol. The van der Waals surface area contributed by atoms with Crippen LogP contribution >= 0.6 is 23.2 Å². The molecule has 0 bridgehead atoms. The molecule has 0 radical (unpaired) electrons. The monoisotopic (exact) mass is 480 g/mol. The van der Waals surface area contributed by atoms with Gasteiger partial charge in [0.2, 0.25) is 5.91 Å². The molecule has 0 saturated carbocycles. The van der Waals surface area contributed by atoms with Gasteiger partial charge in [0, 0.05) is 16.5 Å². The Balaban J connectivity index is 2.05. The van der Waals surface area contributed by atoms with E-state index < -0.39 is 30.1 Å². The number of amides is 2. The zero-order chi connectivity index (χ0) is 23.7. The van der Waals surface area contributed by atoms with Crippen LogP contribution in [-0.4, -0.2) is 37.2 Å². The van der Waals surface area contributed by atoms with Crippen LogP contribution in [-0.2, 0) is 32.1 Å². The first kappa shape index (κ1) is 25.5. The summed E-state index contributed by atoms with van der Waals surface area (Å²) in [7, 11) is 1.23. The van der Waals surface area contributed by atoms with Crippen molar-refractivity contribution in [2.24, 2.45) is 5.92 Å². The lowest BCUT2D eigenvalue weighted by Gasteiger charge is -2.24. The fraction of sp³-hybridized carbons (Fsp3) is 0.348. The predicted octanol–water partition coefficient (Wildman–Crippen LogP) is 4.14. The molecule has 0 saturated heterocycles. The highest BCUT2D eigenvalue weighted by Crippen LogP contribution is 2.22. The summed E-state index contributed by atoms with van der Waals surface area (Å²) in [6.45, 7) is 3.61. The number of benzene rings is 2. The largest absolute Gasteiger partial charge is 0.467 e. The summed E-state index contributed by atoms with van der Waals surface area (Å²) in [4.78, 5) is 37.4. The van der Waals surface area contributed by atoms with Gasteiger partial charge in [-0.15, -0.1) is 0 Å². The van der Waals surface area contributed by atoms with Gasteiger partial charge in [-0.25, -0.2) is 9.59 Å². The Hall–Kier alpha value is -2.77. The van der Waals surface area contributed by atoms with Gasteiger partial charge in [0.1, 0.15) is 18.7 Å². The third kappa shape index (κ3) is 7.73. The smallest absolute Gasteiger partial charge is 0.408 e. The van der Waals surface area contributed by atoms with Gasteiger partial charge in [0.25, 0.3) is 0 Å². The molecule has 0 heterocycles. The van der Waals surface area contributed by atoms with Gasteiger partial charge in [0.05, 0.1) is 7.11 Å². The lowest BCUT2D eigenvalue weighted by Crippen LogP contribution is -2.54. The van der Waals surface area contributed by atoms with Crippen molar-refractivity contribution in [1.82, 2.24) is 10.6 Å². The van der Waals surface area contributed by atoms with Crippen LogP contribution in [0.25, 0.3) is 0 Å². The van der Waals surface area contributed by atoms with Crippen molar-refractivity contribution in [1.29, 1.82) is 0 Å². The van der Waals surface area contributed by atoms with Crippen LogP contribution in [0.3, 0.4) is 0 Å². The number of ether oxygens (including phenoxy) is 2. The third-order valence-corrected chi connectivity index (χ3v) is 5.26. The van der Waals surface area contributed by atoms with Crippen LogP contribution in [0.2, 0.25) is 10.0 Å². The van der Waals surface area contributed by atoms with Crippen LogP contribution in [0.5, 0.6) is 0 Å². The molecule has 9 heteroatoms. The Morgan fingerprint density at radius 3 is 2.28 bits per heavy atom. The first-order chi connectivity index (χ1) is 15.2. The summed E-state index contributed by atoms with van der Waals surface area (Å²) in [6, 6.07) is 12.1. The van der Waals surface area contributed by atoms with Crippen LogP contribution in [0.1, 0.15) is 25.0 Å². The molecule has 2 aromatic carbocycles. The molecule has 2 aromatic rings. The number of methoxy groups -OCH3 is 1. The van der Waals surface area contributed by atoms with Gasteiger partial charge in [-0.3, -0.25) is 4.79 Å². The van der Waals surface area contributed by atoms with Crippen LogP contribution in [0.4, 0.5) is 4.79 Å². The average Bonchev–Trinajstić information content (AvgIpc) is 2.77. The highest BCUT2D eigenvalue weighted by atomic mass is 35.5. The normalized spacial score (nSPS) is 12.6. The van der Waals surface area contributed by atoms with E-state index in [0.717, 1.165) is 5.56 Å². The molecule has 2 amide bonds. The summed E-state index contributed by atoms with van der Waals surface area (Å²) in [5, 5.41) is 6.02. The van der Waals surface area contributed by atoms with E-state index in [2.05, 4.69) is 10.6 Å². The van der Waals surface area contributed by atoms with E-state index in [1.54, 1.807) is 32.0 Å². The standard InChI is InChI=1S/C23H26Cl2N2O5/c1-14(2)20(27-23(30)32-13-15-7-5-4-6-8-15)21(28)26-19(22(29)31-3)11-16-9-10-17(24)12-18(16)25/h4-10,12,14,19-20H,11,13H2,1-3H3,(H,26,28)(H,27,30)/t19-,20+/m1/s1. The Morgan fingerprint density at radius 1 is 1.00 bits per heavy atom. The van der Waals surface area contributed by atoms with E-state index in [4.69, 9.17) is 32.7 Å². The van der Waals surface area contributed by atoms with Crippen molar-refractivity contribution in [3.63, 3.8) is 0 Å². The SMILES string of the molecule is COC(=O)[C@@H](Cc1ccc(Cl)cc1Cl)NC(=O)[C@@H](NC(=O)OCc1ccccc1)C(C)C. The van der Waals surface area contributed by atoms with Crippen LogP contribution in [0.15, 0.2) is 48.5 Å². The van der Waals surface area contributed by atoms with E-state index in [0.29, 0.717) is 15.6 Å². The van der Waals surface area contributed by atoms with Crippen molar-refractivity contribution in [3.05, 3.63) is 69.7 Å². The minimum atomic E-state index is -1.01. The van der Waals surface area contributed by atoms with Gasteiger partial charge in [-0.05, 0) is 29.2 Å². The molecule has 0 fully saturated rings. The second-order valence-electron chi connectivity index (χ2n) is 7.45. The number of carbonyl (C=O) groups excluding carboxylic acids is 3. The zero-order valence-electron chi connectivity index (χ0n) is 18.1. The molecule has 0 aromatic heterocycles. The zero-order valence-corrected chi connectivity index (χ0v) is 19.6. The van der Waals surface area contributed by atoms with Crippen molar-refractivity contribution >= 4 is 41.2 Å². The Morgan fingerprint density at radius 2 is 1.69 bits per heavy atom. The van der Waals surface area contributed by atoms with Crippen LogP contribution < -0.4 is 10.6 Å². The average molecular weight is 481 g/mol. The van der Waals surface area contributed by atoms with E-state index in [1.165, 1.54) is 7.11 Å². The van der Waals surface area contributed by atoms with Gasteiger partial charge < -0.3 is 20.1 Å². The van der Waals surface area contributed by atoms with E-state index >= 15 is 0 Å². The first-order valence-corrected chi connectivity index (χ1v) is 10.8. The molecule has 0 unspecified atom stereocenters. The summed E-state index contributed by atoms with van der Waals surface area (Å²) in [6.07, 6.45) is -0.643. The van der Waals surface area contributed by atoms with Gasteiger partial charge >= 0.3 is 12.1 Å². The van der Waals surface area contributed by atoms with Crippen molar-refractivity contribution in [2.45, 2.75) is 39.0 Å². The minimum Gasteiger partial charge on any atom is -0.467 e. The van der Waals surface area contributed by atoms with Gasteiger partial charge in [-0.1, -0.05) is 73.4 Å². The molecule has 32 heavy (non-hydrogen) atoms. The molecule has 0 spiro atoms. The Bertz CT molecular complexity index is 937. The number of halogens is 2. The molecule has 0 aliphatic heterocycles. The van der Waals surface area contributed by atoms with Crippen molar-refractivity contribution < 1.29 is 23.9 Å². The maximum Gasteiger partial charge on any atom is 0.408 e. The van der Waals surface area contributed by atoms with E-state index in [9.17, 15) is 14.4 Å². The molecule has 172 valence electrons. The first-order valence-electron chi connectivity index (χ1n) is 10.0. The van der Waals surface area contributed by atoms with Gasteiger partial charge in [-0.2, -0.15) is 0 Å². The van der Waals surface area contributed by atoms with Gasteiger partial charge in [0.15, 0.2) is 0 Å². The highest BCUT2D eigenvalue weighted by molar-refractivity contribution is 6.35. The summed E-state index contributed by atoms with van der Waals surface area (Å²) < 4.78 is 10.0. The summed E-state index contributed by atoms with van der Waals surface area (Å²) in [5.41, 5.74) is 1.43. The molecule has 2 N–H and O–H groups in total. The number of hydrogen-bond donors (Lipinski definition) is 2. The number of nitrogens with one attached hydrogen (secondary N) is 2. The molecule has 2 rings (SSSR count). The fourth-order valence-corrected chi connectivity index (χ4v) is 3.42. The number of hydrogen-bond acceptors (Lipinski definition) is 5. The molecule has 7 nitrogen and oxygen atoms in total. The Kier molecular flexibility index (Phi) is 9.81. The lowest BCUT2D eigenvalue weighted by atomic mass is 10.0. The molecule has 2 atom stereocenters. The quantitative estimate of drug-likeness (QED) is 0.525. The van der Waals surface area contributed by atoms with E-state index in [1.807, 2.05) is 30.3 Å². The molecule has 0 aliphatic rings. The molecular formula is C23H26Cl2N2O5.